The smallest absolute Gasteiger partial charge is 0.266 e. The van der Waals surface area contributed by atoms with Gasteiger partial charge >= 0.3 is 0 Å². The van der Waals surface area contributed by atoms with Gasteiger partial charge in [-0.1, -0.05) is 0 Å². The second-order valence-corrected chi connectivity index (χ2v) is 6.65. The van der Waals surface area contributed by atoms with Gasteiger partial charge in [0.1, 0.15) is 5.76 Å². The van der Waals surface area contributed by atoms with Gasteiger partial charge in [0, 0.05) is 38.3 Å². The van der Waals surface area contributed by atoms with Crippen molar-refractivity contribution in [2.45, 2.75) is 33.1 Å². The molecular formula is C17H23N3O2S. The first-order valence-corrected chi connectivity index (χ1v) is 9.15. The SMILES string of the molecule is CCN=C1S/C(=C\c2ccc(N3CCCCC3)o2)C(=O)N1CC. The van der Waals surface area contributed by atoms with E-state index in [-0.39, 0.29) is 5.91 Å². The van der Waals surface area contributed by atoms with Gasteiger partial charge < -0.3 is 9.32 Å². The molecule has 2 aliphatic rings. The maximum atomic E-state index is 12.4. The lowest BCUT2D eigenvalue weighted by atomic mass is 10.1. The Balaban J connectivity index is 1.77. The molecule has 3 heterocycles. The van der Waals surface area contributed by atoms with Crippen molar-refractivity contribution in [3.05, 3.63) is 22.8 Å². The highest BCUT2D eigenvalue weighted by molar-refractivity contribution is 8.18. The van der Waals surface area contributed by atoms with E-state index in [4.69, 9.17) is 4.42 Å². The van der Waals surface area contributed by atoms with Crippen molar-refractivity contribution in [1.82, 2.24) is 4.90 Å². The van der Waals surface area contributed by atoms with E-state index < -0.39 is 0 Å². The lowest BCUT2D eigenvalue weighted by Gasteiger charge is -2.25. The quantitative estimate of drug-likeness (QED) is 0.790. The average Bonchev–Trinajstić information content (AvgIpc) is 3.15. The predicted octanol–water partition coefficient (Wildman–Crippen LogP) is 3.58. The molecule has 1 aromatic rings. The lowest BCUT2D eigenvalue weighted by molar-refractivity contribution is -0.122. The van der Waals surface area contributed by atoms with E-state index in [1.54, 1.807) is 4.90 Å². The van der Waals surface area contributed by atoms with Crippen LogP contribution in [0.5, 0.6) is 0 Å². The normalized spacial score (nSPS) is 22.6. The first-order valence-electron chi connectivity index (χ1n) is 8.33. The monoisotopic (exact) mass is 333 g/mol. The minimum atomic E-state index is 0.0145. The molecule has 1 aromatic heterocycles. The van der Waals surface area contributed by atoms with Gasteiger partial charge in [-0.2, -0.15) is 0 Å². The van der Waals surface area contributed by atoms with Gasteiger partial charge in [0.25, 0.3) is 5.91 Å². The number of anilines is 1. The Kier molecular flexibility index (Phi) is 5.10. The van der Waals surface area contributed by atoms with Crippen LogP contribution in [-0.2, 0) is 4.79 Å². The summed E-state index contributed by atoms with van der Waals surface area (Å²) in [6.45, 7) is 7.36. The highest BCUT2D eigenvalue weighted by atomic mass is 32.2. The van der Waals surface area contributed by atoms with E-state index in [2.05, 4.69) is 9.89 Å². The number of furan rings is 1. The molecule has 2 fully saturated rings. The Hall–Kier alpha value is -1.69. The molecule has 0 spiro atoms. The fourth-order valence-electron chi connectivity index (χ4n) is 2.87. The van der Waals surface area contributed by atoms with Crippen molar-refractivity contribution in [2.75, 3.05) is 31.1 Å². The molecule has 2 aliphatic heterocycles. The highest BCUT2D eigenvalue weighted by Crippen LogP contribution is 2.33. The number of amides is 1. The van der Waals surface area contributed by atoms with E-state index >= 15 is 0 Å². The Morgan fingerprint density at radius 3 is 2.74 bits per heavy atom. The summed E-state index contributed by atoms with van der Waals surface area (Å²) >= 11 is 1.43. The number of rotatable bonds is 4. The Morgan fingerprint density at radius 1 is 1.26 bits per heavy atom. The molecule has 6 heteroatoms. The van der Waals surface area contributed by atoms with Crippen molar-refractivity contribution < 1.29 is 9.21 Å². The third-order valence-electron chi connectivity index (χ3n) is 4.05. The largest absolute Gasteiger partial charge is 0.441 e. The summed E-state index contributed by atoms with van der Waals surface area (Å²) in [5.41, 5.74) is 0. The summed E-state index contributed by atoms with van der Waals surface area (Å²) in [7, 11) is 0. The van der Waals surface area contributed by atoms with Crippen LogP contribution in [-0.4, -0.2) is 42.2 Å². The number of amidine groups is 1. The highest BCUT2D eigenvalue weighted by Gasteiger charge is 2.32. The zero-order valence-electron chi connectivity index (χ0n) is 13.7. The van der Waals surface area contributed by atoms with E-state index in [1.807, 2.05) is 32.1 Å². The van der Waals surface area contributed by atoms with Crippen LogP contribution in [0.2, 0.25) is 0 Å². The number of carbonyl (C=O) groups excluding carboxylic acids is 1. The summed E-state index contributed by atoms with van der Waals surface area (Å²) < 4.78 is 5.92. The molecule has 1 amide bonds. The van der Waals surface area contributed by atoms with Crippen LogP contribution in [0.15, 0.2) is 26.4 Å². The minimum absolute atomic E-state index is 0.0145. The first-order chi connectivity index (χ1) is 11.2. The van der Waals surface area contributed by atoms with Crippen molar-refractivity contribution in [1.29, 1.82) is 0 Å². The van der Waals surface area contributed by atoms with Crippen LogP contribution < -0.4 is 4.90 Å². The molecule has 124 valence electrons. The molecule has 3 rings (SSSR count). The maximum Gasteiger partial charge on any atom is 0.266 e. The first kappa shape index (κ1) is 16.2. The fourth-order valence-corrected chi connectivity index (χ4v) is 3.96. The van der Waals surface area contributed by atoms with Crippen LogP contribution in [0, 0.1) is 0 Å². The second kappa shape index (κ2) is 7.25. The number of aliphatic imine (C=N–C) groups is 1. The van der Waals surface area contributed by atoms with Crippen molar-refractivity contribution in [3.8, 4) is 0 Å². The van der Waals surface area contributed by atoms with Crippen LogP contribution in [0.25, 0.3) is 6.08 Å². The van der Waals surface area contributed by atoms with E-state index in [1.165, 1.54) is 31.0 Å². The molecule has 0 atom stereocenters. The zero-order chi connectivity index (χ0) is 16.2. The van der Waals surface area contributed by atoms with E-state index in [0.29, 0.717) is 18.0 Å². The molecule has 0 saturated carbocycles. The molecule has 0 bridgehead atoms. The number of thioether (sulfide) groups is 1. The van der Waals surface area contributed by atoms with Gasteiger partial charge in [-0.25, -0.2) is 0 Å². The number of piperidine rings is 1. The fraction of sp³-hybridized carbons (Fsp3) is 0.529. The Bertz CT molecular complexity index is 630. The minimum Gasteiger partial charge on any atom is -0.441 e. The number of carbonyl (C=O) groups is 1. The van der Waals surface area contributed by atoms with Crippen LogP contribution in [0.4, 0.5) is 5.88 Å². The predicted molar refractivity (Wildman–Crippen MR) is 95.7 cm³/mol. The summed E-state index contributed by atoms with van der Waals surface area (Å²) in [4.78, 5) is 21.5. The van der Waals surface area contributed by atoms with Gasteiger partial charge in [-0.3, -0.25) is 14.7 Å². The molecule has 2 saturated heterocycles. The standard InChI is InChI=1S/C17H23N3O2S/c1-3-18-17-20(4-2)16(21)14(23-17)12-13-8-9-15(22-13)19-10-6-5-7-11-19/h8-9,12H,3-7,10-11H2,1-2H3/b14-12-,18-17?. The summed E-state index contributed by atoms with van der Waals surface area (Å²) in [6, 6.07) is 3.94. The molecule has 23 heavy (non-hydrogen) atoms. The Morgan fingerprint density at radius 2 is 2.04 bits per heavy atom. The van der Waals surface area contributed by atoms with Gasteiger partial charge in [-0.05, 0) is 50.9 Å². The number of likely N-dealkylation sites (N-methyl/N-ethyl adjacent to an activating group) is 1. The van der Waals surface area contributed by atoms with Crippen molar-refractivity contribution in [3.63, 3.8) is 0 Å². The third-order valence-corrected chi connectivity index (χ3v) is 5.10. The summed E-state index contributed by atoms with van der Waals surface area (Å²) in [5, 5.41) is 0.786. The van der Waals surface area contributed by atoms with Crippen LogP contribution in [0.3, 0.4) is 0 Å². The molecule has 0 aliphatic carbocycles. The number of hydrogen-bond acceptors (Lipinski definition) is 5. The molecule has 0 unspecified atom stereocenters. The van der Waals surface area contributed by atoms with E-state index in [0.717, 1.165) is 29.9 Å². The maximum absolute atomic E-state index is 12.4. The topological polar surface area (TPSA) is 49.1 Å². The van der Waals surface area contributed by atoms with Gasteiger partial charge in [0.15, 0.2) is 11.1 Å². The van der Waals surface area contributed by atoms with Crippen LogP contribution >= 0.6 is 11.8 Å². The van der Waals surface area contributed by atoms with Gasteiger partial charge in [0.2, 0.25) is 0 Å². The summed E-state index contributed by atoms with van der Waals surface area (Å²) in [6.07, 6.45) is 5.56. The molecule has 0 aromatic carbocycles. The number of hydrogen-bond donors (Lipinski definition) is 0. The lowest BCUT2D eigenvalue weighted by Crippen LogP contribution is -2.28. The molecular weight excluding hydrogens is 310 g/mol. The summed E-state index contributed by atoms with van der Waals surface area (Å²) in [5.74, 6) is 1.65. The molecule has 5 nitrogen and oxygen atoms in total. The van der Waals surface area contributed by atoms with E-state index in [9.17, 15) is 4.79 Å². The van der Waals surface area contributed by atoms with Crippen molar-refractivity contribution in [2.24, 2.45) is 4.99 Å². The van der Waals surface area contributed by atoms with Crippen LogP contribution in [0.1, 0.15) is 38.9 Å². The second-order valence-electron chi connectivity index (χ2n) is 5.64. The molecule has 0 N–H and O–H groups in total. The Labute approximate surface area is 141 Å². The molecule has 0 radical (unpaired) electrons. The average molecular weight is 333 g/mol. The third kappa shape index (κ3) is 3.47. The van der Waals surface area contributed by atoms with Gasteiger partial charge in [-0.15, -0.1) is 0 Å². The zero-order valence-corrected chi connectivity index (χ0v) is 14.6. The number of nitrogens with zero attached hydrogens (tertiary/aromatic N) is 3. The van der Waals surface area contributed by atoms with Gasteiger partial charge in [0.05, 0.1) is 4.91 Å². The van der Waals surface area contributed by atoms with Crippen molar-refractivity contribution >= 4 is 34.8 Å².